The van der Waals surface area contributed by atoms with Crippen molar-refractivity contribution in [1.82, 2.24) is 10.4 Å². The fraction of sp³-hybridized carbons (Fsp3) is 0.611. The molecule has 0 aliphatic carbocycles. The summed E-state index contributed by atoms with van der Waals surface area (Å²) < 4.78 is 40.1. The molecule has 1 aromatic carbocycles. The van der Waals surface area contributed by atoms with Gasteiger partial charge in [0, 0.05) is 6.54 Å². The molecule has 0 aromatic heterocycles. The topological polar surface area (TPSA) is 32.3 Å². The number of unbranched alkanes of at least 4 members (excludes halogenated alkanes) is 1. The second kappa shape index (κ2) is 7.13. The predicted molar refractivity (Wildman–Crippen MR) is 87.2 cm³/mol. The zero-order valence-corrected chi connectivity index (χ0v) is 14.4. The highest BCUT2D eigenvalue weighted by Crippen LogP contribution is 2.33. The lowest BCUT2D eigenvalue weighted by Gasteiger charge is -2.29. The number of benzene rings is 1. The maximum absolute atomic E-state index is 13.4. The molecular weight excluding hydrogens is 317 g/mol. The molecule has 0 radical (unpaired) electrons. The first kappa shape index (κ1) is 18.8. The minimum atomic E-state index is -4.35. The maximum atomic E-state index is 13.4. The number of halogens is 3. The first-order chi connectivity index (χ1) is 11.1. The van der Waals surface area contributed by atoms with Crippen LogP contribution in [0.5, 0.6) is 0 Å². The van der Waals surface area contributed by atoms with Crippen LogP contribution < -0.4 is 5.43 Å². The van der Waals surface area contributed by atoms with Gasteiger partial charge in [-0.2, -0.15) is 13.2 Å². The number of hydrazine groups is 1. The van der Waals surface area contributed by atoms with Crippen molar-refractivity contribution in [3.63, 3.8) is 0 Å². The Morgan fingerprint density at radius 2 is 1.92 bits per heavy atom. The van der Waals surface area contributed by atoms with Gasteiger partial charge < -0.3 is 0 Å². The molecule has 2 rings (SSSR count). The number of carbonyl (C=O) groups is 1. The lowest BCUT2D eigenvalue weighted by atomic mass is 9.94. The number of aryl methyl sites for hydroxylation is 2. The fourth-order valence-electron chi connectivity index (χ4n) is 3.05. The molecule has 24 heavy (non-hydrogen) atoms. The molecule has 1 saturated heterocycles. The van der Waals surface area contributed by atoms with Crippen molar-refractivity contribution in [2.24, 2.45) is 5.41 Å². The molecule has 1 fully saturated rings. The molecule has 1 N–H and O–H groups in total. The molecule has 0 spiro atoms. The van der Waals surface area contributed by atoms with Gasteiger partial charge in [-0.3, -0.25) is 10.2 Å². The minimum absolute atomic E-state index is 0.00819. The van der Waals surface area contributed by atoms with Crippen LogP contribution in [-0.4, -0.2) is 29.7 Å². The molecule has 0 unspecified atom stereocenters. The maximum Gasteiger partial charge on any atom is 0.405 e. The summed E-state index contributed by atoms with van der Waals surface area (Å²) in [5, 5.41) is 1.07. The number of alkyl halides is 3. The van der Waals surface area contributed by atoms with Gasteiger partial charge >= 0.3 is 6.18 Å². The Kier molecular flexibility index (Phi) is 5.58. The van der Waals surface area contributed by atoms with Gasteiger partial charge in [-0.15, -0.1) is 0 Å². The molecule has 1 aromatic rings. The Morgan fingerprint density at radius 1 is 1.25 bits per heavy atom. The van der Waals surface area contributed by atoms with E-state index in [1.54, 1.807) is 13.8 Å². The van der Waals surface area contributed by atoms with E-state index in [1.807, 2.05) is 31.2 Å². The normalized spacial score (nSPS) is 19.3. The van der Waals surface area contributed by atoms with E-state index in [4.69, 9.17) is 0 Å². The third-order valence-corrected chi connectivity index (χ3v) is 4.61. The molecule has 1 aliphatic heterocycles. The standard InChI is InChI=1S/C18H25F3N2O/c1-13-8-4-5-9-14(13)10-6-7-11-15(18(19,20)21)23-12-17(2,3)16(24)22-23/h4-5,8-9,15H,6-7,10-12H2,1-3H3,(H,22,24)/t15-/m0/s1. The molecule has 1 aliphatic rings. The summed E-state index contributed by atoms with van der Waals surface area (Å²) in [6.45, 7) is 5.41. The zero-order chi connectivity index (χ0) is 18.0. The van der Waals surface area contributed by atoms with Crippen LogP contribution in [-0.2, 0) is 11.2 Å². The quantitative estimate of drug-likeness (QED) is 0.792. The summed E-state index contributed by atoms with van der Waals surface area (Å²) in [5.74, 6) is -0.350. The van der Waals surface area contributed by atoms with E-state index in [0.29, 0.717) is 12.8 Å². The molecule has 134 valence electrons. The molecule has 3 nitrogen and oxygen atoms in total. The first-order valence-electron chi connectivity index (χ1n) is 8.30. The van der Waals surface area contributed by atoms with Crippen LogP contribution in [0.1, 0.15) is 44.2 Å². The molecular formula is C18H25F3N2O. The lowest BCUT2D eigenvalue weighted by molar-refractivity contribution is -0.190. The van der Waals surface area contributed by atoms with E-state index in [9.17, 15) is 18.0 Å². The van der Waals surface area contributed by atoms with Crippen LogP contribution in [0.25, 0.3) is 0 Å². The van der Waals surface area contributed by atoms with Crippen LogP contribution >= 0.6 is 0 Å². The second-order valence-electron chi connectivity index (χ2n) is 7.18. The van der Waals surface area contributed by atoms with Gasteiger partial charge in [-0.05, 0) is 51.2 Å². The fourth-order valence-corrected chi connectivity index (χ4v) is 3.05. The van der Waals surface area contributed by atoms with Crippen molar-refractivity contribution in [2.75, 3.05) is 6.54 Å². The summed E-state index contributed by atoms with van der Waals surface area (Å²) in [5.41, 5.74) is 3.95. The average Bonchev–Trinajstić information content (AvgIpc) is 2.72. The molecule has 1 atom stereocenters. The number of hydrogen-bond donors (Lipinski definition) is 1. The minimum Gasteiger partial charge on any atom is -0.288 e. The third-order valence-electron chi connectivity index (χ3n) is 4.61. The predicted octanol–water partition coefficient (Wildman–Crippen LogP) is 4.01. The van der Waals surface area contributed by atoms with E-state index in [2.05, 4.69) is 5.43 Å². The molecule has 1 heterocycles. The number of carbonyl (C=O) groups excluding carboxylic acids is 1. The highest BCUT2D eigenvalue weighted by Gasteiger charge is 2.49. The van der Waals surface area contributed by atoms with Gasteiger partial charge in [0.05, 0.1) is 5.41 Å². The summed E-state index contributed by atoms with van der Waals surface area (Å²) in [7, 11) is 0. The number of nitrogens with one attached hydrogen (secondary N) is 1. The molecule has 0 saturated carbocycles. The molecule has 0 bridgehead atoms. The Labute approximate surface area is 141 Å². The zero-order valence-electron chi connectivity index (χ0n) is 14.4. The Bertz CT molecular complexity index is 584. The molecule has 6 heteroatoms. The SMILES string of the molecule is Cc1ccccc1CCCC[C@H](N1CC(C)(C)C(=O)N1)C(F)(F)F. The second-order valence-corrected chi connectivity index (χ2v) is 7.18. The van der Waals surface area contributed by atoms with E-state index >= 15 is 0 Å². The van der Waals surface area contributed by atoms with Crippen molar-refractivity contribution in [3.05, 3.63) is 35.4 Å². The third kappa shape index (κ3) is 4.50. The van der Waals surface area contributed by atoms with Gasteiger partial charge in [-0.1, -0.05) is 30.7 Å². The summed E-state index contributed by atoms with van der Waals surface area (Å²) in [6, 6.07) is 6.30. The van der Waals surface area contributed by atoms with E-state index in [1.165, 1.54) is 11.1 Å². The first-order valence-corrected chi connectivity index (χ1v) is 8.30. The van der Waals surface area contributed by atoms with Crippen molar-refractivity contribution in [3.8, 4) is 0 Å². The van der Waals surface area contributed by atoms with E-state index in [-0.39, 0.29) is 18.9 Å². The van der Waals surface area contributed by atoms with Crippen molar-refractivity contribution in [1.29, 1.82) is 0 Å². The Morgan fingerprint density at radius 3 is 2.46 bits per heavy atom. The van der Waals surface area contributed by atoms with Crippen LogP contribution in [0.15, 0.2) is 24.3 Å². The largest absolute Gasteiger partial charge is 0.405 e. The van der Waals surface area contributed by atoms with Gasteiger partial charge in [-0.25, -0.2) is 5.01 Å². The smallest absolute Gasteiger partial charge is 0.288 e. The Balaban J connectivity index is 1.91. The van der Waals surface area contributed by atoms with Crippen LogP contribution in [0, 0.1) is 12.3 Å². The van der Waals surface area contributed by atoms with Crippen LogP contribution in [0.4, 0.5) is 13.2 Å². The van der Waals surface area contributed by atoms with Gasteiger partial charge in [0.25, 0.3) is 0 Å². The van der Waals surface area contributed by atoms with E-state index in [0.717, 1.165) is 11.4 Å². The van der Waals surface area contributed by atoms with Crippen molar-refractivity contribution < 1.29 is 18.0 Å². The summed E-state index contributed by atoms with van der Waals surface area (Å²) in [4.78, 5) is 11.8. The van der Waals surface area contributed by atoms with Crippen molar-refractivity contribution in [2.45, 2.75) is 58.7 Å². The number of rotatable bonds is 6. The monoisotopic (exact) mass is 342 g/mol. The number of nitrogens with zero attached hydrogens (tertiary/aromatic N) is 1. The number of hydrogen-bond acceptors (Lipinski definition) is 2. The van der Waals surface area contributed by atoms with Gasteiger partial charge in [0.2, 0.25) is 5.91 Å². The highest BCUT2D eigenvalue weighted by molar-refractivity contribution is 5.83. The lowest BCUT2D eigenvalue weighted by Crippen LogP contribution is -2.49. The number of amides is 1. The Hall–Kier alpha value is -1.56. The van der Waals surface area contributed by atoms with Gasteiger partial charge in [0.15, 0.2) is 0 Å². The van der Waals surface area contributed by atoms with Crippen LogP contribution in [0.2, 0.25) is 0 Å². The highest BCUT2D eigenvalue weighted by atomic mass is 19.4. The van der Waals surface area contributed by atoms with Crippen LogP contribution in [0.3, 0.4) is 0 Å². The summed E-state index contributed by atoms with van der Waals surface area (Å²) in [6.07, 6.45) is -2.43. The molecule has 1 amide bonds. The van der Waals surface area contributed by atoms with Gasteiger partial charge in [0.1, 0.15) is 6.04 Å². The van der Waals surface area contributed by atoms with E-state index < -0.39 is 17.6 Å². The summed E-state index contributed by atoms with van der Waals surface area (Å²) >= 11 is 0. The van der Waals surface area contributed by atoms with Crippen molar-refractivity contribution >= 4 is 5.91 Å². The average molecular weight is 342 g/mol.